The first kappa shape index (κ1) is 9.40. The van der Waals surface area contributed by atoms with E-state index in [-0.39, 0.29) is 6.04 Å². The van der Waals surface area contributed by atoms with Crippen molar-refractivity contribution in [2.75, 3.05) is 6.54 Å². The molecule has 4 N–H and O–H groups in total. The molecule has 0 aromatic rings. The van der Waals surface area contributed by atoms with E-state index in [1.807, 2.05) is 6.92 Å². The Morgan fingerprint density at radius 1 is 1.56 bits per heavy atom. The van der Waals surface area contributed by atoms with E-state index >= 15 is 0 Å². The lowest BCUT2D eigenvalue weighted by atomic mass is 10.1. The van der Waals surface area contributed by atoms with E-state index in [4.69, 9.17) is 11.5 Å². The molecule has 0 fully saturated rings. The summed E-state index contributed by atoms with van der Waals surface area (Å²) in [7, 11) is 0. The lowest BCUT2D eigenvalue weighted by molar-refractivity contribution is 0.622. The second-order valence-corrected chi connectivity index (χ2v) is 3.68. The molecule has 0 aromatic carbocycles. The third-order valence-corrected chi connectivity index (χ3v) is 1.94. The van der Waals surface area contributed by atoms with Crippen molar-refractivity contribution in [2.24, 2.45) is 11.5 Å². The minimum Gasteiger partial charge on any atom is -0.330 e. The summed E-state index contributed by atoms with van der Waals surface area (Å²) < 4.78 is 0. The van der Waals surface area contributed by atoms with Crippen molar-refractivity contribution in [1.82, 2.24) is 0 Å². The molecule has 3 heteroatoms. The van der Waals surface area contributed by atoms with E-state index in [9.17, 15) is 0 Å². The van der Waals surface area contributed by atoms with Crippen molar-refractivity contribution < 1.29 is 0 Å². The van der Waals surface area contributed by atoms with Gasteiger partial charge >= 0.3 is 0 Å². The smallest absolute Gasteiger partial charge is 0.0172 e. The van der Waals surface area contributed by atoms with Gasteiger partial charge in [0.2, 0.25) is 0 Å². The Morgan fingerprint density at radius 2 is 2.11 bits per heavy atom. The van der Waals surface area contributed by atoms with Crippen molar-refractivity contribution in [3.05, 3.63) is 0 Å². The SMILES string of the molecule is CC(N)CC(Br)CCN. The van der Waals surface area contributed by atoms with E-state index < -0.39 is 0 Å². The van der Waals surface area contributed by atoms with Gasteiger partial charge < -0.3 is 11.5 Å². The molecule has 0 aromatic heterocycles. The Hall–Kier alpha value is 0.400. The van der Waals surface area contributed by atoms with Gasteiger partial charge in [-0.2, -0.15) is 0 Å². The van der Waals surface area contributed by atoms with Gasteiger partial charge in [0.1, 0.15) is 0 Å². The van der Waals surface area contributed by atoms with E-state index in [1.54, 1.807) is 0 Å². The van der Waals surface area contributed by atoms with Crippen LogP contribution in [0.25, 0.3) is 0 Å². The summed E-state index contributed by atoms with van der Waals surface area (Å²) >= 11 is 3.48. The number of halogens is 1. The van der Waals surface area contributed by atoms with E-state index in [1.165, 1.54) is 0 Å². The summed E-state index contributed by atoms with van der Waals surface area (Å²) in [4.78, 5) is 0.502. The van der Waals surface area contributed by atoms with Gasteiger partial charge in [0.15, 0.2) is 0 Å². The average molecular weight is 195 g/mol. The van der Waals surface area contributed by atoms with Crippen LogP contribution in [0.5, 0.6) is 0 Å². The van der Waals surface area contributed by atoms with Crippen LogP contribution >= 0.6 is 15.9 Å². The highest BCUT2D eigenvalue weighted by molar-refractivity contribution is 9.09. The largest absolute Gasteiger partial charge is 0.330 e. The molecular formula is C6H15BrN2. The highest BCUT2D eigenvalue weighted by atomic mass is 79.9. The summed E-state index contributed by atoms with van der Waals surface area (Å²) in [5.41, 5.74) is 10.9. The van der Waals surface area contributed by atoms with Crippen LogP contribution in [0.1, 0.15) is 19.8 Å². The molecule has 0 spiro atoms. The lowest BCUT2D eigenvalue weighted by Gasteiger charge is -2.09. The molecule has 0 rings (SSSR count). The highest BCUT2D eigenvalue weighted by Gasteiger charge is 2.04. The molecular weight excluding hydrogens is 180 g/mol. The van der Waals surface area contributed by atoms with Gasteiger partial charge in [0.05, 0.1) is 0 Å². The predicted octanol–water partition coefficient (Wildman–Crippen LogP) is 0.836. The van der Waals surface area contributed by atoms with Crippen molar-refractivity contribution in [3.63, 3.8) is 0 Å². The van der Waals surface area contributed by atoms with Gasteiger partial charge in [-0.3, -0.25) is 0 Å². The molecule has 0 saturated carbocycles. The lowest BCUT2D eigenvalue weighted by Crippen LogP contribution is -2.21. The first-order valence-corrected chi connectivity index (χ1v) is 4.18. The zero-order chi connectivity index (χ0) is 7.28. The molecule has 9 heavy (non-hydrogen) atoms. The fraction of sp³-hybridized carbons (Fsp3) is 1.00. The first-order chi connectivity index (χ1) is 4.16. The summed E-state index contributed by atoms with van der Waals surface area (Å²) in [6.45, 7) is 2.74. The van der Waals surface area contributed by atoms with E-state index in [2.05, 4.69) is 15.9 Å². The van der Waals surface area contributed by atoms with Crippen LogP contribution in [0.15, 0.2) is 0 Å². The van der Waals surface area contributed by atoms with Gasteiger partial charge in [-0.1, -0.05) is 15.9 Å². The quantitative estimate of drug-likeness (QED) is 0.653. The predicted molar refractivity (Wildman–Crippen MR) is 44.7 cm³/mol. The van der Waals surface area contributed by atoms with Crippen molar-refractivity contribution in [1.29, 1.82) is 0 Å². The normalized spacial score (nSPS) is 17.3. The minimum absolute atomic E-state index is 0.279. The van der Waals surface area contributed by atoms with Crippen LogP contribution in [-0.2, 0) is 0 Å². The summed E-state index contributed by atoms with van der Waals surface area (Å²) in [6, 6.07) is 0.279. The molecule has 0 aliphatic carbocycles. The molecule has 2 unspecified atom stereocenters. The molecule has 0 saturated heterocycles. The maximum atomic E-state index is 5.55. The molecule has 0 aliphatic rings. The minimum atomic E-state index is 0.279. The van der Waals surface area contributed by atoms with Gasteiger partial charge in [0.25, 0.3) is 0 Å². The standard InChI is InChI=1S/C6H15BrN2/c1-5(9)4-6(7)2-3-8/h5-6H,2-4,8-9H2,1H3. The van der Waals surface area contributed by atoms with E-state index in [0.29, 0.717) is 4.83 Å². The Morgan fingerprint density at radius 3 is 2.44 bits per heavy atom. The Kier molecular flexibility index (Phi) is 5.44. The van der Waals surface area contributed by atoms with Crippen molar-refractivity contribution in [3.8, 4) is 0 Å². The second kappa shape index (κ2) is 5.21. The molecule has 2 nitrogen and oxygen atoms in total. The zero-order valence-corrected chi connectivity index (χ0v) is 7.39. The number of alkyl halides is 1. The van der Waals surface area contributed by atoms with Crippen LogP contribution in [0, 0.1) is 0 Å². The molecule has 56 valence electrons. The van der Waals surface area contributed by atoms with Crippen molar-refractivity contribution in [2.45, 2.75) is 30.6 Å². The third-order valence-electron chi connectivity index (χ3n) is 1.11. The molecule has 2 atom stereocenters. The number of hydrogen-bond acceptors (Lipinski definition) is 2. The Balaban J connectivity index is 3.15. The van der Waals surface area contributed by atoms with Crippen LogP contribution in [0.3, 0.4) is 0 Å². The topological polar surface area (TPSA) is 52.0 Å². The van der Waals surface area contributed by atoms with Gasteiger partial charge in [-0.05, 0) is 26.3 Å². The Labute approximate surface area is 65.1 Å². The summed E-state index contributed by atoms with van der Waals surface area (Å²) in [6.07, 6.45) is 2.03. The summed E-state index contributed by atoms with van der Waals surface area (Å²) in [5, 5.41) is 0. The molecule has 0 amide bonds. The second-order valence-electron chi connectivity index (χ2n) is 2.39. The number of rotatable bonds is 4. The fourth-order valence-electron chi connectivity index (χ4n) is 0.702. The van der Waals surface area contributed by atoms with E-state index in [0.717, 1.165) is 19.4 Å². The van der Waals surface area contributed by atoms with Gasteiger partial charge in [-0.25, -0.2) is 0 Å². The summed E-state index contributed by atoms with van der Waals surface area (Å²) in [5.74, 6) is 0. The maximum Gasteiger partial charge on any atom is 0.0172 e. The van der Waals surface area contributed by atoms with Crippen LogP contribution < -0.4 is 11.5 Å². The van der Waals surface area contributed by atoms with Gasteiger partial charge in [0, 0.05) is 10.9 Å². The highest BCUT2D eigenvalue weighted by Crippen LogP contribution is 2.09. The number of hydrogen-bond donors (Lipinski definition) is 2. The van der Waals surface area contributed by atoms with Gasteiger partial charge in [-0.15, -0.1) is 0 Å². The third kappa shape index (κ3) is 6.28. The maximum absolute atomic E-state index is 5.55. The van der Waals surface area contributed by atoms with Crippen molar-refractivity contribution >= 4 is 15.9 Å². The Bertz CT molecular complexity index is 66.1. The molecule has 0 radical (unpaired) electrons. The molecule has 0 aliphatic heterocycles. The van der Waals surface area contributed by atoms with Crippen LogP contribution in [-0.4, -0.2) is 17.4 Å². The van der Waals surface area contributed by atoms with Crippen LogP contribution in [0.2, 0.25) is 0 Å². The zero-order valence-electron chi connectivity index (χ0n) is 5.81. The average Bonchev–Trinajstić information content (AvgIpc) is 1.63. The molecule has 0 bridgehead atoms. The van der Waals surface area contributed by atoms with Crippen LogP contribution in [0.4, 0.5) is 0 Å². The number of nitrogens with two attached hydrogens (primary N) is 2. The monoisotopic (exact) mass is 194 g/mol. The molecule has 0 heterocycles. The fourth-order valence-corrected chi connectivity index (χ4v) is 1.56. The first-order valence-electron chi connectivity index (χ1n) is 3.26.